The minimum Gasteiger partial charge on any atom is -0.366 e. The van der Waals surface area contributed by atoms with Crippen molar-refractivity contribution in [1.29, 1.82) is 0 Å². The molecule has 0 saturated carbocycles. The summed E-state index contributed by atoms with van der Waals surface area (Å²) in [6, 6.07) is 3.85. The topological polar surface area (TPSA) is 90.5 Å². The van der Waals surface area contributed by atoms with Crippen molar-refractivity contribution in [1.82, 2.24) is 15.3 Å². The first-order chi connectivity index (χ1) is 14.6. The van der Waals surface area contributed by atoms with Gasteiger partial charge in [0.1, 0.15) is 17.6 Å². The largest absolute Gasteiger partial charge is 0.408 e. The predicted octanol–water partition coefficient (Wildman–Crippen LogP) is 3.10. The van der Waals surface area contributed by atoms with Crippen molar-refractivity contribution in [2.75, 3.05) is 28.2 Å². The molecule has 3 amide bonds. The van der Waals surface area contributed by atoms with Gasteiger partial charge in [0, 0.05) is 19.3 Å². The molecule has 0 radical (unpaired) electrons. The number of rotatable bonds is 3. The molecule has 2 bridgehead atoms. The van der Waals surface area contributed by atoms with Crippen LogP contribution in [0.25, 0.3) is 0 Å². The number of carbonyl (C=O) groups is 2. The molecule has 0 spiro atoms. The minimum atomic E-state index is -4.57. The van der Waals surface area contributed by atoms with Gasteiger partial charge in [-0.15, -0.1) is 0 Å². The number of urea groups is 1. The van der Waals surface area contributed by atoms with Crippen molar-refractivity contribution in [3.63, 3.8) is 0 Å². The molecule has 31 heavy (non-hydrogen) atoms. The summed E-state index contributed by atoms with van der Waals surface area (Å²) in [5.41, 5.74) is 1.39. The average molecular weight is 434 g/mol. The van der Waals surface area contributed by atoms with Crippen LogP contribution in [-0.4, -0.2) is 53.3 Å². The monoisotopic (exact) mass is 434 g/mol. The average Bonchev–Trinajstić information content (AvgIpc) is 3.11. The van der Waals surface area contributed by atoms with Gasteiger partial charge in [-0.3, -0.25) is 15.0 Å². The summed E-state index contributed by atoms with van der Waals surface area (Å²) < 4.78 is 38.4. The van der Waals surface area contributed by atoms with Crippen molar-refractivity contribution < 1.29 is 22.8 Å². The number of nitrogens with one attached hydrogen (secondary N) is 2. The molecule has 4 heterocycles. The lowest BCUT2D eigenvalue weighted by atomic mass is 10.1. The van der Waals surface area contributed by atoms with Gasteiger partial charge in [0.2, 0.25) is 0 Å². The smallest absolute Gasteiger partial charge is 0.366 e. The van der Waals surface area contributed by atoms with Gasteiger partial charge in [0.25, 0.3) is 5.91 Å². The maximum absolute atomic E-state index is 13.1. The van der Waals surface area contributed by atoms with Crippen LogP contribution in [0.3, 0.4) is 0 Å². The Labute approximate surface area is 176 Å². The number of fused-ring (bicyclic) bond motifs is 4. The standard InChI is InChI=1S/C20H21F3N6O2/c1-11-5-7-24-16(9-11)27-19(31)29-13-6-8-28(10-13)15-4-3-14(26-17(15)29)18(30)25-12(2)20(21,22)23/h3-5,7,9,12-13H,6,8,10H2,1-2H3,(H,25,30)(H,24,27,31)/t12?,13-/m0/s1. The van der Waals surface area contributed by atoms with Crippen molar-refractivity contribution >= 4 is 29.3 Å². The maximum Gasteiger partial charge on any atom is 0.408 e. The quantitative estimate of drug-likeness (QED) is 0.775. The van der Waals surface area contributed by atoms with E-state index in [0.717, 1.165) is 12.5 Å². The van der Waals surface area contributed by atoms with Gasteiger partial charge >= 0.3 is 12.2 Å². The van der Waals surface area contributed by atoms with Crippen LogP contribution >= 0.6 is 0 Å². The molecule has 2 N–H and O–H groups in total. The van der Waals surface area contributed by atoms with Gasteiger partial charge in [0.15, 0.2) is 5.82 Å². The van der Waals surface area contributed by atoms with Crippen LogP contribution in [-0.2, 0) is 0 Å². The van der Waals surface area contributed by atoms with Crippen LogP contribution in [0.1, 0.15) is 29.4 Å². The first kappa shape index (κ1) is 20.9. The zero-order valence-corrected chi connectivity index (χ0v) is 16.9. The molecule has 2 aliphatic heterocycles. The molecule has 1 saturated heterocycles. The second kappa shape index (κ2) is 7.71. The van der Waals surface area contributed by atoms with Gasteiger partial charge < -0.3 is 10.2 Å². The molecule has 0 aliphatic carbocycles. The van der Waals surface area contributed by atoms with E-state index in [1.165, 1.54) is 11.0 Å². The van der Waals surface area contributed by atoms with E-state index < -0.39 is 24.2 Å². The van der Waals surface area contributed by atoms with Crippen molar-refractivity contribution in [2.45, 2.75) is 38.5 Å². The highest BCUT2D eigenvalue weighted by Crippen LogP contribution is 2.39. The van der Waals surface area contributed by atoms with E-state index >= 15 is 0 Å². The predicted molar refractivity (Wildman–Crippen MR) is 108 cm³/mol. The van der Waals surface area contributed by atoms with E-state index in [9.17, 15) is 22.8 Å². The van der Waals surface area contributed by atoms with Crippen molar-refractivity contribution in [3.05, 3.63) is 41.7 Å². The summed E-state index contributed by atoms with van der Waals surface area (Å²) in [6.45, 7) is 4.05. The molecule has 4 rings (SSSR count). The Morgan fingerprint density at radius 3 is 2.74 bits per heavy atom. The van der Waals surface area contributed by atoms with E-state index in [4.69, 9.17) is 0 Å². The SMILES string of the molecule is Cc1ccnc(NC(=O)N2c3nc(C(=O)NC(C)C(F)(F)F)ccc3N3CC[C@H]2C3)c1. The summed E-state index contributed by atoms with van der Waals surface area (Å²) >= 11 is 0. The number of nitrogens with zero attached hydrogens (tertiary/aromatic N) is 4. The van der Waals surface area contributed by atoms with Crippen LogP contribution < -0.4 is 20.4 Å². The van der Waals surface area contributed by atoms with Crippen molar-refractivity contribution in [3.8, 4) is 0 Å². The number of aromatic nitrogens is 2. The van der Waals surface area contributed by atoms with E-state index in [2.05, 4.69) is 15.3 Å². The van der Waals surface area contributed by atoms with Gasteiger partial charge in [0.05, 0.1) is 11.7 Å². The number of aryl methyl sites for hydroxylation is 1. The Morgan fingerprint density at radius 2 is 2.03 bits per heavy atom. The molecule has 11 heteroatoms. The number of halogens is 3. The molecular weight excluding hydrogens is 413 g/mol. The molecule has 164 valence electrons. The first-order valence-electron chi connectivity index (χ1n) is 9.80. The summed E-state index contributed by atoms with van der Waals surface area (Å²) in [5, 5.41) is 4.65. The number of amides is 3. The summed E-state index contributed by atoms with van der Waals surface area (Å²) in [7, 11) is 0. The lowest BCUT2D eigenvalue weighted by molar-refractivity contribution is -0.149. The van der Waals surface area contributed by atoms with Gasteiger partial charge in [-0.05, 0) is 50.1 Å². The Morgan fingerprint density at radius 1 is 1.26 bits per heavy atom. The third-order valence-electron chi connectivity index (χ3n) is 5.39. The molecule has 8 nitrogen and oxygen atoms in total. The Balaban J connectivity index is 1.63. The molecule has 2 aromatic heterocycles. The highest BCUT2D eigenvalue weighted by Gasteiger charge is 2.41. The van der Waals surface area contributed by atoms with Crippen LogP contribution in [0.15, 0.2) is 30.5 Å². The maximum atomic E-state index is 13.1. The first-order valence-corrected chi connectivity index (χ1v) is 9.80. The number of carbonyl (C=O) groups excluding carboxylic acids is 2. The third kappa shape index (κ3) is 4.12. The molecule has 2 atom stereocenters. The molecular formula is C20H21F3N6O2. The van der Waals surface area contributed by atoms with Crippen LogP contribution in [0.2, 0.25) is 0 Å². The highest BCUT2D eigenvalue weighted by molar-refractivity contribution is 6.05. The molecule has 2 aromatic rings. The molecule has 1 fully saturated rings. The highest BCUT2D eigenvalue weighted by atomic mass is 19.4. The van der Waals surface area contributed by atoms with Crippen LogP contribution in [0, 0.1) is 6.92 Å². The number of alkyl halides is 3. The van der Waals surface area contributed by atoms with Crippen LogP contribution in [0.4, 0.5) is 35.3 Å². The molecule has 0 aromatic carbocycles. The van der Waals surface area contributed by atoms with Gasteiger partial charge in [-0.1, -0.05) is 0 Å². The Kier molecular flexibility index (Phi) is 5.19. The lowest BCUT2D eigenvalue weighted by Crippen LogP contribution is -2.49. The number of anilines is 3. The van der Waals surface area contributed by atoms with E-state index in [-0.39, 0.29) is 17.6 Å². The third-order valence-corrected chi connectivity index (χ3v) is 5.39. The number of hydrogen-bond acceptors (Lipinski definition) is 5. The van der Waals surface area contributed by atoms with E-state index in [0.29, 0.717) is 31.0 Å². The Bertz CT molecular complexity index is 1030. The Hall–Kier alpha value is -3.37. The number of hydrogen-bond donors (Lipinski definition) is 2. The number of pyridine rings is 2. The fraction of sp³-hybridized carbons (Fsp3) is 0.400. The zero-order chi connectivity index (χ0) is 22.3. The van der Waals surface area contributed by atoms with Crippen LogP contribution in [0.5, 0.6) is 0 Å². The molecule has 2 aliphatic rings. The van der Waals surface area contributed by atoms with Gasteiger partial charge in [-0.2, -0.15) is 13.2 Å². The second-order valence-electron chi connectivity index (χ2n) is 7.68. The summed E-state index contributed by atoms with van der Waals surface area (Å²) in [4.78, 5) is 37.4. The normalized spacial score (nSPS) is 18.4. The fourth-order valence-corrected chi connectivity index (χ4v) is 3.72. The minimum absolute atomic E-state index is 0.169. The van der Waals surface area contributed by atoms with E-state index in [1.807, 2.05) is 17.1 Å². The van der Waals surface area contributed by atoms with Crippen molar-refractivity contribution in [2.24, 2.45) is 0 Å². The van der Waals surface area contributed by atoms with Gasteiger partial charge in [-0.25, -0.2) is 14.8 Å². The zero-order valence-electron chi connectivity index (χ0n) is 16.9. The molecule has 1 unspecified atom stereocenters. The lowest BCUT2D eigenvalue weighted by Gasteiger charge is -2.35. The second-order valence-corrected chi connectivity index (χ2v) is 7.68. The summed E-state index contributed by atoms with van der Waals surface area (Å²) in [5.74, 6) is -0.340. The van der Waals surface area contributed by atoms with E-state index in [1.54, 1.807) is 24.4 Å². The fourth-order valence-electron chi connectivity index (χ4n) is 3.72. The summed E-state index contributed by atoms with van der Waals surface area (Å²) in [6.07, 6.45) is -2.28.